The second-order valence-electron chi connectivity index (χ2n) is 4.54. The number of hydrogen-bond donors (Lipinski definition) is 1. The van der Waals surface area contributed by atoms with Gasteiger partial charge in [0.2, 0.25) is 0 Å². The smallest absolute Gasteiger partial charge is 0.141 e. The van der Waals surface area contributed by atoms with E-state index in [-0.39, 0.29) is 5.02 Å². The Morgan fingerprint density at radius 2 is 1.95 bits per heavy atom. The highest BCUT2D eigenvalue weighted by Gasteiger charge is 2.01. The van der Waals surface area contributed by atoms with Gasteiger partial charge < -0.3 is 5.32 Å². The molecule has 100 valence electrons. The summed E-state index contributed by atoms with van der Waals surface area (Å²) in [4.78, 5) is 4.09. The lowest BCUT2D eigenvalue weighted by Crippen LogP contribution is -1.99. The molecule has 0 aliphatic heterocycles. The van der Waals surface area contributed by atoms with Crippen LogP contribution in [-0.4, -0.2) is 4.98 Å². The second kappa shape index (κ2) is 5.47. The highest BCUT2D eigenvalue weighted by Crippen LogP contribution is 2.20. The molecule has 0 spiro atoms. The lowest BCUT2D eigenvalue weighted by Gasteiger charge is -2.08. The van der Waals surface area contributed by atoms with Crippen molar-refractivity contribution >= 4 is 28.1 Å². The van der Waals surface area contributed by atoms with Gasteiger partial charge in [0.05, 0.1) is 5.02 Å². The minimum Gasteiger partial charge on any atom is -0.381 e. The average molecular weight is 287 g/mol. The van der Waals surface area contributed by atoms with E-state index in [9.17, 15) is 4.39 Å². The number of fused-ring (bicyclic) bond motifs is 1. The Kier molecular flexibility index (Phi) is 3.52. The molecule has 0 fully saturated rings. The van der Waals surface area contributed by atoms with E-state index in [0.717, 1.165) is 22.0 Å². The normalized spacial score (nSPS) is 10.7. The molecule has 3 rings (SSSR count). The molecule has 0 radical (unpaired) electrons. The number of halogens is 2. The molecular weight excluding hydrogens is 275 g/mol. The van der Waals surface area contributed by atoms with Crippen molar-refractivity contribution in [1.29, 1.82) is 0 Å². The van der Waals surface area contributed by atoms with Crippen LogP contribution in [0.5, 0.6) is 0 Å². The highest BCUT2D eigenvalue weighted by molar-refractivity contribution is 6.31. The fourth-order valence-corrected chi connectivity index (χ4v) is 2.23. The van der Waals surface area contributed by atoms with Crippen LogP contribution in [0.4, 0.5) is 10.1 Å². The van der Waals surface area contributed by atoms with Crippen molar-refractivity contribution in [2.75, 3.05) is 5.32 Å². The molecule has 20 heavy (non-hydrogen) atoms. The van der Waals surface area contributed by atoms with Crippen molar-refractivity contribution in [3.05, 3.63) is 71.3 Å². The molecule has 0 saturated carbocycles. The third-order valence-electron chi connectivity index (χ3n) is 3.12. The van der Waals surface area contributed by atoms with Crippen molar-refractivity contribution < 1.29 is 4.39 Å². The van der Waals surface area contributed by atoms with Crippen molar-refractivity contribution in [2.45, 2.75) is 6.54 Å². The Morgan fingerprint density at radius 3 is 2.80 bits per heavy atom. The average Bonchev–Trinajstić information content (AvgIpc) is 2.48. The first-order valence-electron chi connectivity index (χ1n) is 6.24. The van der Waals surface area contributed by atoms with Gasteiger partial charge in [-0.15, -0.1) is 0 Å². The molecule has 1 N–H and O–H groups in total. The maximum Gasteiger partial charge on any atom is 0.141 e. The Bertz CT molecular complexity index is 758. The number of anilines is 1. The first-order valence-corrected chi connectivity index (χ1v) is 6.62. The Morgan fingerprint density at radius 1 is 1.05 bits per heavy atom. The van der Waals surface area contributed by atoms with Crippen LogP contribution in [0, 0.1) is 5.82 Å². The molecule has 2 aromatic carbocycles. The molecule has 1 aromatic heterocycles. The predicted octanol–water partition coefficient (Wildman–Crippen LogP) is 4.64. The molecule has 4 heteroatoms. The van der Waals surface area contributed by atoms with Crippen LogP contribution in [0.2, 0.25) is 5.02 Å². The number of hydrogen-bond acceptors (Lipinski definition) is 2. The van der Waals surface area contributed by atoms with Crippen molar-refractivity contribution in [3.8, 4) is 0 Å². The van der Waals surface area contributed by atoms with Gasteiger partial charge >= 0.3 is 0 Å². The third-order valence-corrected chi connectivity index (χ3v) is 3.41. The quantitative estimate of drug-likeness (QED) is 0.759. The van der Waals surface area contributed by atoms with E-state index in [2.05, 4.69) is 16.4 Å². The maximum absolute atomic E-state index is 13.1. The van der Waals surface area contributed by atoms with E-state index >= 15 is 0 Å². The van der Waals surface area contributed by atoms with Gasteiger partial charge in [0.25, 0.3) is 0 Å². The van der Waals surface area contributed by atoms with Gasteiger partial charge in [0.1, 0.15) is 5.82 Å². The molecule has 0 unspecified atom stereocenters. The third kappa shape index (κ3) is 2.73. The van der Waals surface area contributed by atoms with E-state index in [1.165, 1.54) is 6.07 Å². The lowest BCUT2D eigenvalue weighted by atomic mass is 10.1. The summed E-state index contributed by atoms with van der Waals surface area (Å²) in [6, 6.07) is 12.8. The summed E-state index contributed by atoms with van der Waals surface area (Å²) in [6.07, 6.45) is 3.62. The molecule has 0 amide bonds. The van der Waals surface area contributed by atoms with E-state index in [1.54, 1.807) is 18.3 Å². The minimum atomic E-state index is -0.407. The molecule has 3 aromatic rings. The Labute approximate surface area is 121 Å². The van der Waals surface area contributed by atoms with Gasteiger partial charge in [-0.25, -0.2) is 4.39 Å². The zero-order chi connectivity index (χ0) is 13.9. The highest BCUT2D eigenvalue weighted by atomic mass is 35.5. The monoisotopic (exact) mass is 286 g/mol. The van der Waals surface area contributed by atoms with Gasteiger partial charge in [-0.1, -0.05) is 23.7 Å². The summed E-state index contributed by atoms with van der Waals surface area (Å²) in [5, 5.41) is 5.61. The van der Waals surface area contributed by atoms with Gasteiger partial charge in [-0.05, 0) is 41.3 Å². The van der Waals surface area contributed by atoms with Crippen LogP contribution in [0.1, 0.15) is 5.56 Å². The zero-order valence-electron chi connectivity index (χ0n) is 10.6. The zero-order valence-corrected chi connectivity index (χ0v) is 11.4. The number of nitrogens with one attached hydrogen (secondary N) is 1. The van der Waals surface area contributed by atoms with Crippen LogP contribution in [0.25, 0.3) is 10.8 Å². The summed E-state index contributed by atoms with van der Waals surface area (Å²) in [5.74, 6) is -0.407. The van der Waals surface area contributed by atoms with Crippen LogP contribution >= 0.6 is 11.6 Å². The van der Waals surface area contributed by atoms with Crippen LogP contribution < -0.4 is 5.32 Å². The predicted molar refractivity (Wildman–Crippen MR) is 80.5 cm³/mol. The fourth-order valence-electron chi connectivity index (χ4n) is 2.05. The van der Waals surface area contributed by atoms with Crippen LogP contribution in [0.3, 0.4) is 0 Å². The summed E-state index contributed by atoms with van der Waals surface area (Å²) < 4.78 is 13.1. The fraction of sp³-hybridized carbons (Fsp3) is 0.0625. The number of nitrogens with zero attached hydrogens (tertiary/aromatic N) is 1. The molecule has 0 saturated heterocycles. The SMILES string of the molecule is Fc1ccc(NCc2ccc3cnccc3c2)cc1Cl. The van der Waals surface area contributed by atoms with Crippen molar-refractivity contribution in [3.63, 3.8) is 0 Å². The van der Waals surface area contributed by atoms with E-state index in [4.69, 9.17) is 11.6 Å². The van der Waals surface area contributed by atoms with E-state index in [0.29, 0.717) is 6.54 Å². The van der Waals surface area contributed by atoms with Crippen LogP contribution in [0.15, 0.2) is 54.9 Å². The molecule has 0 aliphatic rings. The van der Waals surface area contributed by atoms with Gasteiger partial charge in [-0.2, -0.15) is 0 Å². The van der Waals surface area contributed by atoms with Crippen LogP contribution in [-0.2, 0) is 6.54 Å². The molecule has 0 atom stereocenters. The van der Waals surface area contributed by atoms with E-state index < -0.39 is 5.82 Å². The summed E-state index contributed by atoms with van der Waals surface area (Å²) in [5.41, 5.74) is 1.94. The lowest BCUT2D eigenvalue weighted by molar-refractivity contribution is 0.628. The largest absolute Gasteiger partial charge is 0.381 e. The number of aromatic nitrogens is 1. The summed E-state index contributed by atoms with van der Waals surface area (Å²) in [6.45, 7) is 0.653. The minimum absolute atomic E-state index is 0.125. The maximum atomic E-state index is 13.1. The van der Waals surface area contributed by atoms with Crippen molar-refractivity contribution in [2.24, 2.45) is 0 Å². The summed E-state index contributed by atoms with van der Waals surface area (Å²) in [7, 11) is 0. The molecule has 1 heterocycles. The number of rotatable bonds is 3. The molecular formula is C16H12ClFN2. The van der Waals surface area contributed by atoms with Gasteiger partial charge in [0.15, 0.2) is 0 Å². The van der Waals surface area contributed by atoms with Gasteiger partial charge in [-0.3, -0.25) is 4.98 Å². The second-order valence-corrected chi connectivity index (χ2v) is 4.95. The molecule has 2 nitrogen and oxygen atoms in total. The standard InChI is InChI=1S/C16H12ClFN2/c17-15-8-14(3-4-16(15)18)20-9-11-1-2-13-10-19-6-5-12(13)7-11/h1-8,10,20H,9H2. The Hall–Kier alpha value is -2.13. The summed E-state index contributed by atoms with van der Waals surface area (Å²) >= 11 is 5.75. The number of pyridine rings is 1. The van der Waals surface area contributed by atoms with Gasteiger partial charge in [0, 0.05) is 30.0 Å². The topological polar surface area (TPSA) is 24.9 Å². The Balaban J connectivity index is 1.77. The molecule has 0 bridgehead atoms. The first-order chi connectivity index (χ1) is 9.72. The van der Waals surface area contributed by atoms with E-state index in [1.807, 2.05) is 24.4 Å². The molecule has 0 aliphatic carbocycles. The first kappa shape index (κ1) is 12.9. The van der Waals surface area contributed by atoms with Crippen molar-refractivity contribution in [1.82, 2.24) is 4.98 Å². The number of benzene rings is 2.